The van der Waals surface area contributed by atoms with Crippen LogP contribution in [0.25, 0.3) is 10.9 Å². The molecule has 0 radical (unpaired) electrons. The zero-order chi connectivity index (χ0) is 16.1. The third-order valence-corrected chi connectivity index (χ3v) is 3.97. The lowest BCUT2D eigenvalue weighted by atomic mass is 10.1. The number of hydrogen-bond donors (Lipinski definition) is 0. The second-order valence-corrected chi connectivity index (χ2v) is 5.37. The number of benzene rings is 1. The van der Waals surface area contributed by atoms with Crippen LogP contribution in [-0.2, 0) is 6.42 Å². The molecular weight excluding hydrogens is 286 g/mol. The second kappa shape index (κ2) is 7.01. The average Bonchev–Trinajstić information content (AvgIpc) is 2.62. The van der Waals surface area contributed by atoms with Gasteiger partial charge in [0, 0.05) is 37.1 Å². The normalized spacial score (nSPS) is 10.7. The molecule has 0 saturated heterocycles. The highest BCUT2D eigenvalue weighted by Crippen LogP contribution is 2.18. The topological polar surface area (TPSA) is 46.1 Å². The number of aromatic nitrogens is 2. The van der Waals surface area contributed by atoms with Gasteiger partial charge in [-0.15, -0.1) is 0 Å². The van der Waals surface area contributed by atoms with Crippen LogP contribution in [0, 0.1) is 0 Å². The Hall–Kier alpha value is -2.75. The molecule has 2 heterocycles. The van der Waals surface area contributed by atoms with Crippen LogP contribution in [0.15, 0.2) is 61.1 Å². The number of hydrogen-bond acceptors (Lipinski definition) is 3. The van der Waals surface area contributed by atoms with Gasteiger partial charge in [0.15, 0.2) is 0 Å². The monoisotopic (exact) mass is 305 g/mol. The van der Waals surface area contributed by atoms with Crippen LogP contribution in [0.4, 0.5) is 0 Å². The summed E-state index contributed by atoms with van der Waals surface area (Å²) in [6, 6.07) is 13.5. The number of nitrogens with zero attached hydrogens (tertiary/aromatic N) is 3. The number of amides is 1. The molecule has 3 aromatic rings. The summed E-state index contributed by atoms with van der Waals surface area (Å²) in [5.41, 5.74) is 2.75. The second-order valence-electron chi connectivity index (χ2n) is 5.37. The zero-order valence-electron chi connectivity index (χ0n) is 13.1. The number of pyridine rings is 2. The Morgan fingerprint density at radius 1 is 1.04 bits per heavy atom. The number of fused-ring (bicyclic) bond motifs is 1. The highest BCUT2D eigenvalue weighted by atomic mass is 16.2. The first-order valence-electron chi connectivity index (χ1n) is 7.81. The summed E-state index contributed by atoms with van der Waals surface area (Å²) in [7, 11) is 0. The fourth-order valence-corrected chi connectivity index (χ4v) is 2.67. The SMILES string of the molecule is CCN(CCc1ccncc1)C(=O)c1ccnc2ccccc12. The van der Waals surface area contributed by atoms with Crippen LogP contribution in [0.2, 0.25) is 0 Å². The molecule has 4 heteroatoms. The van der Waals surface area contributed by atoms with Gasteiger partial charge in [-0.1, -0.05) is 18.2 Å². The molecule has 4 nitrogen and oxygen atoms in total. The summed E-state index contributed by atoms with van der Waals surface area (Å²) in [5.74, 6) is 0.0557. The Morgan fingerprint density at radius 2 is 1.83 bits per heavy atom. The van der Waals surface area contributed by atoms with Crippen molar-refractivity contribution in [1.29, 1.82) is 0 Å². The van der Waals surface area contributed by atoms with E-state index in [4.69, 9.17) is 0 Å². The molecule has 1 aromatic carbocycles. The highest BCUT2D eigenvalue weighted by molar-refractivity contribution is 6.05. The maximum Gasteiger partial charge on any atom is 0.254 e. The third-order valence-electron chi connectivity index (χ3n) is 3.97. The van der Waals surface area contributed by atoms with Crippen LogP contribution in [-0.4, -0.2) is 33.9 Å². The lowest BCUT2D eigenvalue weighted by Gasteiger charge is -2.21. The van der Waals surface area contributed by atoms with Crippen molar-refractivity contribution in [3.63, 3.8) is 0 Å². The molecule has 0 bridgehead atoms. The van der Waals surface area contributed by atoms with E-state index < -0.39 is 0 Å². The molecule has 0 atom stereocenters. The Labute approximate surface area is 135 Å². The molecule has 0 unspecified atom stereocenters. The van der Waals surface area contributed by atoms with Crippen molar-refractivity contribution in [3.8, 4) is 0 Å². The van der Waals surface area contributed by atoms with Crippen LogP contribution in [0.1, 0.15) is 22.8 Å². The minimum absolute atomic E-state index is 0.0557. The number of rotatable bonds is 5. The standard InChI is InChI=1S/C19H19N3O/c1-2-22(14-10-15-7-11-20-12-8-15)19(23)17-9-13-21-18-6-4-3-5-16(17)18/h3-9,11-13H,2,10,14H2,1H3. The summed E-state index contributed by atoms with van der Waals surface area (Å²) < 4.78 is 0. The molecule has 0 fully saturated rings. The maximum absolute atomic E-state index is 12.9. The molecule has 0 aliphatic heterocycles. The van der Waals surface area contributed by atoms with Gasteiger partial charge in [0.1, 0.15) is 0 Å². The molecule has 23 heavy (non-hydrogen) atoms. The van der Waals surface area contributed by atoms with Gasteiger partial charge < -0.3 is 4.90 Å². The summed E-state index contributed by atoms with van der Waals surface area (Å²) in [5, 5.41) is 0.905. The third kappa shape index (κ3) is 3.37. The van der Waals surface area contributed by atoms with Crippen molar-refractivity contribution in [2.24, 2.45) is 0 Å². The van der Waals surface area contributed by atoms with E-state index in [1.54, 1.807) is 24.7 Å². The minimum Gasteiger partial charge on any atom is -0.339 e. The smallest absolute Gasteiger partial charge is 0.254 e. The Morgan fingerprint density at radius 3 is 2.61 bits per heavy atom. The molecule has 0 spiro atoms. The van der Waals surface area contributed by atoms with Gasteiger partial charge in [0.05, 0.1) is 11.1 Å². The van der Waals surface area contributed by atoms with Crippen molar-refractivity contribution >= 4 is 16.8 Å². The zero-order valence-corrected chi connectivity index (χ0v) is 13.1. The van der Waals surface area contributed by atoms with Gasteiger partial charge in [-0.25, -0.2) is 0 Å². The summed E-state index contributed by atoms with van der Waals surface area (Å²) >= 11 is 0. The molecule has 116 valence electrons. The number of carbonyl (C=O) groups excluding carboxylic acids is 1. The molecule has 0 aliphatic carbocycles. The van der Waals surface area contributed by atoms with Crippen LogP contribution < -0.4 is 0 Å². The summed E-state index contributed by atoms with van der Waals surface area (Å²) in [4.78, 5) is 23.1. The summed E-state index contributed by atoms with van der Waals surface area (Å²) in [6.45, 7) is 3.38. The van der Waals surface area contributed by atoms with Gasteiger partial charge in [0.25, 0.3) is 5.91 Å². The molecule has 2 aromatic heterocycles. The maximum atomic E-state index is 12.9. The predicted octanol–water partition coefficient (Wildman–Crippen LogP) is 3.33. The first kappa shape index (κ1) is 15.2. The van der Waals surface area contributed by atoms with Gasteiger partial charge in [-0.05, 0) is 43.2 Å². The van der Waals surface area contributed by atoms with Gasteiger partial charge in [-0.3, -0.25) is 14.8 Å². The van der Waals surface area contributed by atoms with E-state index in [1.165, 1.54) is 5.56 Å². The van der Waals surface area contributed by atoms with E-state index in [9.17, 15) is 4.79 Å². The molecule has 0 aliphatic rings. The van der Waals surface area contributed by atoms with Gasteiger partial charge in [0.2, 0.25) is 0 Å². The molecular formula is C19H19N3O. The van der Waals surface area contributed by atoms with E-state index in [1.807, 2.05) is 48.2 Å². The Balaban J connectivity index is 1.81. The van der Waals surface area contributed by atoms with Crippen molar-refractivity contribution in [3.05, 3.63) is 72.2 Å². The lowest BCUT2D eigenvalue weighted by molar-refractivity contribution is 0.0768. The van der Waals surface area contributed by atoms with E-state index >= 15 is 0 Å². The number of likely N-dealkylation sites (N-methyl/N-ethyl adjacent to an activating group) is 1. The first-order valence-corrected chi connectivity index (χ1v) is 7.81. The molecule has 1 amide bonds. The number of para-hydroxylation sites is 1. The highest BCUT2D eigenvalue weighted by Gasteiger charge is 2.16. The fourth-order valence-electron chi connectivity index (χ4n) is 2.67. The van der Waals surface area contributed by atoms with E-state index in [0.29, 0.717) is 18.7 Å². The Bertz CT molecular complexity index is 797. The first-order chi connectivity index (χ1) is 11.3. The van der Waals surface area contributed by atoms with Crippen molar-refractivity contribution in [2.45, 2.75) is 13.3 Å². The van der Waals surface area contributed by atoms with Crippen molar-refractivity contribution < 1.29 is 4.79 Å². The van der Waals surface area contributed by atoms with E-state index in [-0.39, 0.29) is 5.91 Å². The van der Waals surface area contributed by atoms with Crippen molar-refractivity contribution in [2.75, 3.05) is 13.1 Å². The van der Waals surface area contributed by atoms with Crippen LogP contribution >= 0.6 is 0 Å². The van der Waals surface area contributed by atoms with Crippen LogP contribution in [0.3, 0.4) is 0 Å². The molecule has 0 N–H and O–H groups in total. The molecule has 0 saturated carbocycles. The largest absolute Gasteiger partial charge is 0.339 e. The fraction of sp³-hybridized carbons (Fsp3) is 0.211. The van der Waals surface area contributed by atoms with E-state index in [2.05, 4.69) is 9.97 Å². The lowest BCUT2D eigenvalue weighted by Crippen LogP contribution is -2.32. The quantitative estimate of drug-likeness (QED) is 0.726. The summed E-state index contributed by atoms with van der Waals surface area (Å²) in [6.07, 6.45) is 6.09. The molecule has 3 rings (SSSR count). The minimum atomic E-state index is 0.0557. The van der Waals surface area contributed by atoms with Gasteiger partial charge in [-0.2, -0.15) is 0 Å². The van der Waals surface area contributed by atoms with Gasteiger partial charge >= 0.3 is 0 Å². The van der Waals surface area contributed by atoms with Crippen molar-refractivity contribution in [1.82, 2.24) is 14.9 Å². The Kier molecular flexibility index (Phi) is 4.62. The van der Waals surface area contributed by atoms with E-state index in [0.717, 1.165) is 17.3 Å². The number of carbonyl (C=O) groups is 1. The average molecular weight is 305 g/mol. The van der Waals surface area contributed by atoms with Crippen LogP contribution in [0.5, 0.6) is 0 Å². The predicted molar refractivity (Wildman–Crippen MR) is 91.3 cm³/mol.